The molecular weight excluding hydrogens is 376 g/mol. The summed E-state index contributed by atoms with van der Waals surface area (Å²) in [5, 5.41) is 13.0. The zero-order chi connectivity index (χ0) is 22.3. The summed E-state index contributed by atoms with van der Waals surface area (Å²) in [4.78, 5) is 13.8. The second-order valence-corrected chi connectivity index (χ2v) is 11.2. The molecule has 0 unspecified atom stereocenters. The summed E-state index contributed by atoms with van der Waals surface area (Å²) in [5.41, 5.74) is -0.434. The molecule has 0 radical (unpaired) electrons. The maximum Gasteiger partial charge on any atom is 0.211 e. The maximum atomic E-state index is 12.0. The molecule has 1 aliphatic heterocycles. The van der Waals surface area contributed by atoms with Gasteiger partial charge in [0.15, 0.2) is 0 Å². The molecule has 2 aliphatic rings. The summed E-state index contributed by atoms with van der Waals surface area (Å²) in [7, 11) is 0. The van der Waals surface area contributed by atoms with Gasteiger partial charge in [-0.15, -0.1) is 0 Å². The second-order valence-electron chi connectivity index (χ2n) is 11.2. The minimum absolute atomic E-state index is 0.0202. The molecule has 1 saturated heterocycles. The van der Waals surface area contributed by atoms with Crippen LogP contribution in [-0.2, 0) is 9.53 Å². The predicted octanol–water partition coefficient (Wildman–Crippen LogP) is 5.01. The number of unbranched alkanes of at least 4 members (excludes halogenated alkanes) is 5. The van der Waals surface area contributed by atoms with E-state index in [4.69, 9.17) is 4.74 Å². The third kappa shape index (κ3) is 7.49. The average Bonchev–Trinajstić information content (AvgIpc) is 2.60. The fourth-order valence-corrected chi connectivity index (χ4v) is 5.87. The second kappa shape index (κ2) is 11.3. The molecule has 1 saturated carbocycles. The van der Waals surface area contributed by atoms with Gasteiger partial charge in [-0.05, 0) is 65.7 Å². The first kappa shape index (κ1) is 25.6. The fraction of sp³-hybridized carbons (Fsp3) is 0.960. The smallest absolute Gasteiger partial charge is 0.211 e. The van der Waals surface area contributed by atoms with Gasteiger partial charge in [-0.25, -0.2) is 0 Å². The number of carbonyl (C=O) groups excluding carboxylic acids is 1. The van der Waals surface area contributed by atoms with Gasteiger partial charge in [0.25, 0.3) is 0 Å². The molecule has 0 atom stereocenters. The van der Waals surface area contributed by atoms with Crippen LogP contribution < -0.4 is 5.32 Å². The minimum Gasteiger partial charge on any atom is -0.396 e. The highest BCUT2D eigenvalue weighted by atomic mass is 16.5. The van der Waals surface area contributed by atoms with Gasteiger partial charge in [-0.2, -0.15) is 0 Å². The van der Waals surface area contributed by atoms with Gasteiger partial charge in [-0.3, -0.25) is 4.79 Å². The molecule has 5 heteroatoms. The Kier molecular flexibility index (Phi) is 9.63. The molecule has 1 heterocycles. The van der Waals surface area contributed by atoms with Gasteiger partial charge in [0.1, 0.15) is 5.72 Å². The summed E-state index contributed by atoms with van der Waals surface area (Å²) in [5.74, 6) is 0.649. The van der Waals surface area contributed by atoms with Crippen molar-refractivity contribution in [2.24, 2.45) is 5.92 Å². The Labute approximate surface area is 185 Å². The van der Waals surface area contributed by atoms with E-state index in [0.29, 0.717) is 18.9 Å². The predicted molar refractivity (Wildman–Crippen MR) is 123 cm³/mol. The zero-order valence-corrected chi connectivity index (χ0v) is 20.3. The van der Waals surface area contributed by atoms with Crippen LogP contribution in [0.4, 0.5) is 0 Å². The summed E-state index contributed by atoms with van der Waals surface area (Å²) in [6.45, 7) is 11.9. The Hall–Kier alpha value is -0.650. The fourth-order valence-electron chi connectivity index (χ4n) is 5.87. The SMILES string of the molecule is CCCCCCCCC1CC(OC2CC(C)(C)NC(C)(C)C2)(N(C=O)CCCO)C1. The first-order valence-electron chi connectivity index (χ1n) is 12.5. The lowest BCUT2D eigenvalue weighted by molar-refractivity contribution is -0.249. The molecule has 1 aliphatic carbocycles. The third-order valence-electron chi connectivity index (χ3n) is 6.93. The van der Waals surface area contributed by atoms with E-state index in [-0.39, 0.29) is 23.8 Å². The number of aliphatic hydroxyl groups is 1. The van der Waals surface area contributed by atoms with Gasteiger partial charge >= 0.3 is 0 Å². The van der Waals surface area contributed by atoms with Crippen LogP contribution in [0, 0.1) is 5.92 Å². The number of nitrogens with one attached hydrogen (secondary N) is 1. The van der Waals surface area contributed by atoms with Crippen molar-refractivity contribution in [3.8, 4) is 0 Å². The van der Waals surface area contributed by atoms with Crippen LogP contribution in [0.2, 0.25) is 0 Å². The Morgan fingerprint density at radius 1 is 0.967 bits per heavy atom. The summed E-state index contributed by atoms with van der Waals surface area (Å²) >= 11 is 0. The normalized spacial score (nSPS) is 28.1. The number of rotatable bonds is 14. The van der Waals surface area contributed by atoms with Crippen LogP contribution in [0.3, 0.4) is 0 Å². The molecule has 1 amide bonds. The van der Waals surface area contributed by atoms with Gasteiger partial charge in [0, 0.05) is 24.2 Å². The van der Waals surface area contributed by atoms with Gasteiger partial charge in [-0.1, -0.05) is 51.9 Å². The number of aliphatic hydroxyl groups excluding tert-OH is 1. The lowest BCUT2D eigenvalue weighted by Crippen LogP contribution is -2.64. The zero-order valence-electron chi connectivity index (χ0n) is 20.3. The minimum atomic E-state index is -0.474. The summed E-state index contributed by atoms with van der Waals surface area (Å²) < 4.78 is 6.80. The van der Waals surface area contributed by atoms with E-state index in [0.717, 1.165) is 32.1 Å². The summed E-state index contributed by atoms with van der Waals surface area (Å²) in [6, 6.07) is 0. The molecule has 0 aromatic carbocycles. The molecule has 0 spiro atoms. The van der Waals surface area contributed by atoms with Crippen LogP contribution in [0.25, 0.3) is 0 Å². The molecule has 5 nitrogen and oxygen atoms in total. The number of hydrogen-bond donors (Lipinski definition) is 2. The molecule has 0 aromatic heterocycles. The summed E-state index contributed by atoms with van der Waals surface area (Å²) in [6.07, 6.45) is 14.7. The monoisotopic (exact) mass is 424 g/mol. The van der Waals surface area contributed by atoms with E-state index in [1.165, 1.54) is 44.9 Å². The van der Waals surface area contributed by atoms with Crippen LogP contribution in [0.5, 0.6) is 0 Å². The first-order chi connectivity index (χ1) is 14.2. The number of ether oxygens (including phenoxy) is 1. The quantitative estimate of drug-likeness (QED) is 0.234. The number of carbonyl (C=O) groups is 1. The third-order valence-corrected chi connectivity index (χ3v) is 6.93. The molecular formula is C25H48N2O3. The van der Waals surface area contributed by atoms with E-state index in [9.17, 15) is 9.90 Å². The van der Waals surface area contributed by atoms with E-state index in [2.05, 4.69) is 39.9 Å². The Balaban J connectivity index is 1.96. The highest BCUT2D eigenvalue weighted by Crippen LogP contribution is 2.48. The first-order valence-corrected chi connectivity index (χ1v) is 12.5. The number of piperidine rings is 1. The molecule has 2 rings (SSSR count). The lowest BCUT2D eigenvalue weighted by Gasteiger charge is -2.56. The van der Waals surface area contributed by atoms with Gasteiger partial charge < -0.3 is 20.1 Å². The highest BCUT2D eigenvalue weighted by molar-refractivity contribution is 5.49. The number of amides is 1. The van der Waals surface area contributed by atoms with Gasteiger partial charge in [0.2, 0.25) is 6.41 Å². The van der Waals surface area contributed by atoms with Crippen LogP contribution in [-0.4, -0.2) is 52.5 Å². The van der Waals surface area contributed by atoms with E-state index in [1.54, 1.807) is 0 Å². The van der Waals surface area contributed by atoms with Crippen molar-refractivity contribution in [3.05, 3.63) is 0 Å². The van der Waals surface area contributed by atoms with E-state index >= 15 is 0 Å². The Bertz CT molecular complexity index is 499. The number of hydrogen-bond acceptors (Lipinski definition) is 4. The van der Waals surface area contributed by atoms with Gasteiger partial charge in [0.05, 0.1) is 6.10 Å². The largest absolute Gasteiger partial charge is 0.396 e. The number of nitrogens with zero attached hydrogens (tertiary/aromatic N) is 1. The van der Waals surface area contributed by atoms with Crippen molar-refractivity contribution in [3.63, 3.8) is 0 Å². The highest BCUT2D eigenvalue weighted by Gasteiger charge is 2.52. The van der Waals surface area contributed by atoms with Crippen molar-refractivity contribution >= 4 is 6.41 Å². The molecule has 0 aromatic rings. The molecule has 2 N–H and O–H groups in total. The van der Waals surface area contributed by atoms with Crippen molar-refractivity contribution in [1.29, 1.82) is 0 Å². The van der Waals surface area contributed by atoms with Crippen LogP contribution in [0.15, 0.2) is 0 Å². The van der Waals surface area contributed by atoms with E-state index < -0.39 is 5.72 Å². The van der Waals surface area contributed by atoms with E-state index in [1.807, 2.05) is 4.90 Å². The molecule has 176 valence electrons. The molecule has 2 fully saturated rings. The maximum absolute atomic E-state index is 12.0. The Morgan fingerprint density at radius 3 is 2.13 bits per heavy atom. The lowest BCUT2D eigenvalue weighted by atomic mass is 9.72. The van der Waals surface area contributed by atoms with Crippen molar-refractivity contribution < 1.29 is 14.6 Å². The van der Waals surface area contributed by atoms with Crippen molar-refractivity contribution in [2.75, 3.05) is 13.2 Å². The molecule has 30 heavy (non-hydrogen) atoms. The molecule has 0 bridgehead atoms. The van der Waals surface area contributed by atoms with Crippen LogP contribution >= 0.6 is 0 Å². The average molecular weight is 425 g/mol. The topological polar surface area (TPSA) is 61.8 Å². The standard InChI is InChI=1S/C25H48N2O3/c1-6-7-8-9-10-11-13-21-16-25(17-21,27(20-29)14-12-15-28)30-22-18-23(2,3)26-24(4,5)19-22/h20-22,26,28H,6-19H2,1-5H3. The van der Waals surface area contributed by atoms with Crippen LogP contribution in [0.1, 0.15) is 112 Å². The Morgan fingerprint density at radius 2 is 1.57 bits per heavy atom. The van der Waals surface area contributed by atoms with Crippen molar-refractivity contribution in [1.82, 2.24) is 10.2 Å². The van der Waals surface area contributed by atoms with Crippen molar-refractivity contribution in [2.45, 2.75) is 135 Å².